The van der Waals surface area contributed by atoms with Crippen LogP contribution < -0.4 is 11.1 Å². The van der Waals surface area contributed by atoms with Crippen LogP contribution in [-0.4, -0.2) is 27.8 Å². The molecule has 2 heterocycles. The summed E-state index contributed by atoms with van der Waals surface area (Å²) >= 11 is 1.53. The van der Waals surface area contributed by atoms with Gasteiger partial charge in [-0.25, -0.2) is 0 Å². The van der Waals surface area contributed by atoms with E-state index >= 15 is 0 Å². The predicted molar refractivity (Wildman–Crippen MR) is 108 cm³/mol. The number of thiophene rings is 1. The third kappa shape index (κ3) is 2.87. The van der Waals surface area contributed by atoms with Gasteiger partial charge in [0.05, 0.1) is 17.1 Å². The van der Waals surface area contributed by atoms with Crippen molar-refractivity contribution in [1.82, 2.24) is 15.1 Å². The van der Waals surface area contributed by atoms with Crippen LogP contribution in [0.5, 0.6) is 0 Å². The van der Waals surface area contributed by atoms with Crippen molar-refractivity contribution in [3.05, 3.63) is 52.0 Å². The van der Waals surface area contributed by atoms with E-state index < -0.39 is 0 Å². The lowest BCUT2D eigenvalue weighted by molar-refractivity contribution is 0.0878. The fourth-order valence-corrected chi connectivity index (χ4v) is 5.39. The highest BCUT2D eigenvalue weighted by Crippen LogP contribution is 2.59. The van der Waals surface area contributed by atoms with Gasteiger partial charge in [0.25, 0.3) is 5.91 Å². The number of carbonyl (C=O) groups is 1. The third-order valence-electron chi connectivity index (χ3n) is 6.18. The van der Waals surface area contributed by atoms with Crippen LogP contribution in [0.1, 0.15) is 45.8 Å². The standard InChI is InChI=1S/C21H24N4OS/c1-12-3-5-14(6-4-12)11-25-20-16(13(2)24-25)7-17(27-20)19(26)23-15-8-21(9-15)10-18(21)22/h3-7,15,18H,8-11,22H2,1-2H3,(H,23,26). The van der Waals surface area contributed by atoms with Gasteiger partial charge in [-0.05, 0) is 50.2 Å². The molecule has 0 aliphatic heterocycles. The molecule has 2 aliphatic rings. The van der Waals surface area contributed by atoms with Crippen molar-refractivity contribution in [2.75, 3.05) is 0 Å². The van der Waals surface area contributed by atoms with Crippen LogP contribution in [0.3, 0.4) is 0 Å². The van der Waals surface area contributed by atoms with Crippen molar-refractivity contribution in [3.63, 3.8) is 0 Å². The Morgan fingerprint density at radius 1 is 1.30 bits per heavy atom. The maximum Gasteiger partial charge on any atom is 0.261 e. The zero-order chi connectivity index (χ0) is 18.8. The Balaban J connectivity index is 1.34. The smallest absolute Gasteiger partial charge is 0.261 e. The Labute approximate surface area is 162 Å². The molecule has 2 aromatic heterocycles. The van der Waals surface area contributed by atoms with E-state index in [2.05, 4.69) is 41.6 Å². The van der Waals surface area contributed by atoms with Gasteiger partial charge in [0.15, 0.2) is 0 Å². The minimum Gasteiger partial charge on any atom is -0.349 e. The number of nitrogens with two attached hydrogens (primary N) is 1. The minimum atomic E-state index is 0.0338. The third-order valence-corrected chi connectivity index (χ3v) is 7.33. The number of fused-ring (bicyclic) bond motifs is 1. The molecule has 5 nitrogen and oxygen atoms in total. The summed E-state index contributed by atoms with van der Waals surface area (Å²) in [6, 6.07) is 11.1. The molecule has 2 aliphatic carbocycles. The fourth-order valence-electron chi connectivity index (χ4n) is 4.33. The summed E-state index contributed by atoms with van der Waals surface area (Å²) in [5, 5.41) is 8.93. The lowest BCUT2D eigenvalue weighted by atomic mass is 9.76. The number of aryl methyl sites for hydroxylation is 2. The van der Waals surface area contributed by atoms with Gasteiger partial charge < -0.3 is 11.1 Å². The van der Waals surface area contributed by atoms with Crippen molar-refractivity contribution >= 4 is 27.5 Å². The molecule has 1 spiro atoms. The number of carbonyl (C=O) groups excluding carboxylic acids is 1. The number of rotatable bonds is 4. The molecule has 2 fully saturated rings. The molecule has 3 N–H and O–H groups in total. The van der Waals surface area contributed by atoms with E-state index in [0.29, 0.717) is 11.5 Å². The Hall–Kier alpha value is -2.18. The molecular formula is C21H24N4OS. The molecule has 3 aromatic rings. The van der Waals surface area contributed by atoms with Gasteiger partial charge in [-0.15, -0.1) is 11.3 Å². The van der Waals surface area contributed by atoms with Crippen molar-refractivity contribution in [3.8, 4) is 0 Å². The van der Waals surface area contributed by atoms with Gasteiger partial charge in [-0.1, -0.05) is 29.8 Å². The van der Waals surface area contributed by atoms with E-state index in [9.17, 15) is 4.79 Å². The van der Waals surface area contributed by atoms with Gasteiger partial charge in [-0.3, -0.25) is 9.48 Å². The number of hydrogen-bond acceptors (Lipinski definition) is 4. The maximum atomic E-state index is 12.7. The average Bonchev–Trinajstić information content (AvgIpc) is 2.98. The van der Waals surface area contributed by atoms with E-state index in [-0.39, 0.29) is 11.9 Å². The highest BCUT2D eigenvalue weighted by atomic mass is 32.1. The Kier molecular flexibility index (Phi) is 3.71. The number of amides is 1. The van der Waals surface area contributed by atoms with Gasteiger partial charge in [0.1, 0.15) is 4.83 Å². The quantitative estimate of drug-likeness (QED) is 0.729. The Morgan fingerprint density at radius 2 is 2.00 bits per heavy atom. The second kappa shape index (κ2) is 5.91. The molecule has 1 atom stereocenters. The van der Waals surface area contributed by atoms with Crippen LogP contribution in [0.2, 0.25) is 0 Å². The minimum absolute atomic E-state index is 0.0338. The summed E-state index contributed by atoms with van der Waals surface area (Å²) in [4.78, 5) is 14.5. The van der Waals surface area contributed by atoms with Crippen LogP contribution >= 0.6 is 11.3 Å². The van der Waals surface area contributed by atoms with E-state index in [1.807, 2.05) is 17.7 Å². The summed E-state index contributed by atoms with van der Waals surface area (Å²) in [6.07, 6.45) is 3.19. The van der Waals surface area contributed by atoms with E-state index in [1.165, 1.54) is 22.5 Å². The molecule has 5 rings (SSSR count). The Morgan fingerprint density at radius 3 is 2.67 bits per heavy atom. The first-order valence-electron chi connectivity index (χ1n) is 9.52. The number of nitrogens with one attached hydrogen (secondary N) is 1. The normalized spacial score (nSPS) is 26.3. The number of aromatic nitrogens is 2. The zero-order valence-corrected chi connectivity index (χ0v) is 16.5. The molecule has 27 heavy (non-hydrogen) atoms. The second-order valence-electron chi connectivity index (χ2n) is 8.31. The SMILES string of the molecule is Cc1ccc(Cn2nc(C)c3cc(C(=O)NC4CC5(C4)CC5N)sc32)cc1. The summed E-state index contributed by atoms with van der Waals surface area (Å²) in [5.41, 5.74) is 9.77. The molecule has 2 saturated carbocycles. The molecule has 0 saturated heterocycles. The summed E-state index contributed by atoms with van der Waals surface area (Å²) in [5.74, 6) is 0.0338. The molecule has 1 aromatic carbocycles. The molecule has 1 unspecified atom stereocenters. The van der Waals surface area contributed by atoms with Crippen molar-refractivity contribution in [2.45, 2.75) is 51.7 Å². The molecule has 0 radical (unpaired) electrons. The first-order chi connectivity index (χ1) is 12.9. The van der Waals surface area contributed by atoms with Crippen LogP contribution in [-0.2, 0) is 6.54 Å². The van der Waals surface area contributed by atoms with Gasteiger partial charge in [0, 0.05) is 17.5 Å². The Bertz CT molecular complexity index is 1030. The predicted octanol–water partition coefficient (Wildman–Crippen LogP) is 3.37. The largest absolute Gasteiger partial charge is 0.349 e. The molecule has 1 amide bonds. The van der Waals surface area contributed by atoms with E-state index in [4.69, 9.17) is 5.73 Å². The topological polar surface area (TPSA) is 72.9 Å². The fraction of sp³-hybridized carbons (Fsp3) is 0.429. The molecule has 140 valence electrons. The molecule has 6 heteroatoms. The molecule has 0 bridgehead atoms. The van der Waals surface area contributed by atoms with Crippen molar-refractivity contribution < 1.29 is 4.79 Å². The first kappa shape index (κ1) is 17.0. The van der Waals surface area contributed by atoms with Crippen LogP contribution in [0.4, 0.5) is 0 Å². The maximum absolute atomic E-state index is 12.7. The second-order valence-corrected chi connectivity index (χ2v) is 9.34. The summed E-state index contributed by atoms with van der Waals surface area (Å²) in [6.45, 7) is 4.81. The highest BCUT2D eigenvalue weighted by molar-refractivity contribution is 7.20. The van der Waals surface area contributed by atoms with Crippen LogP contribution in [0, 0.1) is 19.3 Å². The lowest BCUT2D eigenvalue weighted by Crippen LogP contribution is -2.47. The van der Waals surface area contributed by atoms with Gasteiger partial charge in [0.2, 0.25) is 0 Å². The van der Waals surface area contributed by atoms with Gasteiger partial charge >= 0.3 is 0 Å². The first-order valence-corrected chi connectivity index (χ1v) is 10.3. The van der Waals surface area contributed by atoms with Crippen molar-refractivity contribution in [2.24, 2.45) is 11.1 Å². The lowest BCUT2D eigenvalue weighted by Gasteiger charge is -2.36. The number of benzene rings is 1. The highest BCUT2D eigenvalue weighted by Gasteiger charge is 2.60. The molecular weight excluding hydrogens is 356 g/mol. The average molecular weight is 381 g/mol. The number of hydrogen-bond donors (Lipinski definition) is 2. The van der Waals surface area contributed by atoms with E-state index in [1.54, 1.807) is 0 Å². The van der Waals surface area contributed by atoms with Crippen LogP contribution in [0.25, 0.3) is 10.2 Å². The van der Waals surface area contributed by atoms with E-state index in [0.717, 1.165) is 46.6 Å². The summed E-state index contributed by atoms with van der Waals surface area (Å²) in [7, 11) is 0. The summed E-state index contributed by atoms with van der Waals surface area (Å²) < 4.78 is 2.01. The van der Waals surface area contributed by atoms with Crippen molar-refractivity contribution in [1.29, 1.82) is 0 Å². The monoisotopic (exact) mass is 380 g/mol. The van der Waals surface area contributed by atoms with Gasteiger partial charge in [-0.2, -0.15) is 5.10 Å². The number of nitrogens with zero attached hydrogens (tertiary/aromatic N) is 2. The van der Waals surface area contributed by atoms with Crippen LogP contribution in [0.15, 0.2) is 30.3 Å². The zero-order valence-electron chi connectivity index (χ0n) is 15.7.